The molecule has 0 fully saturated rings. The highest BCUT2D eigenvalue weighted by Crippen LogP contribution is 2.11. The third kappa shape index (κ3) is 2.15. The van der Waals surface area contributed by atoms with Gasteiger partial charge in [-0.2, -0.15) is 0 Å². The normalized spacial score (nSPS) is 9.31. The lowest BCUT2D eigenvalue weighted by atomic mass is 10.3. The highest BCUT2D eigenvalue weighted by atomic mass is 16.2. The Kier molecular flexibility index (Phi) is 3.20. The van der Waals surface area contributed by atoms with Crippen molar-refractivity contribution >= 4 is 18.0 Å². The van der Waals surface area contributed by atoms with Crippen LogP contribution in [-0.4, -0.2) is 12.3 Å². The standard InChI is InChI=1S/C10H10NO2/c1-2-10(13)11(8-12)9-6-4-3-5-7-9/h3-7H,2H2,1H3. The number of benzene rings is 1. The fraction of sp³-hybridized carbons (Fsp3) is 0.200. The van der Waals surface area contributed by atoms with Gasteiger partial charge in [-0.15, -0.1) is 0 Å². The maximum atomic E-state index is 11.2. The molecule has 0 bridgehead atoms. The third-order valence-corrected chi connectivity index (χ3v) is 1.66. The van der Waals surface area contributed by atoms with Crippen molar-refractivity contribution in [2.75, 3.05) is 4.90 Å². The first-order valence-corrected chi connectivity index (χ1v) is 4.05. The first-order chi connectivity index (χ1) is 6.29. The Hall–Kier alpha value is -1.64. The molecule has 3 nitrogen and oxygen atoms in total. The molecule has 0 aliphatic heterocycles. The van der Waals surface area contributed by atoms with Crippen molar-refractivity contribution in [3.63, 3.8) is 0 Å². The van der Waals surface area contributed by atoms with Gasteiger partial charge in [-0.25, -0.2) is 4.90 Å². The fourth-order valence-corrected chi connectivity index (χ4v) is 0.983. The molecule has 1 rings (SSSR count). The minimum Gasteiger partial charge on any atom is -0.274 e. The summed E-state index contributed by atoms with van der Waals surface area (Å²) < 4.78 is 0. The van der Waals surface area contributed by atoms with Crippen LogP contribution < -0.4 is 4.90 Å². The van der Waals surface area contributed by atoms with E-state index in [4.69, 9.17) is 0 Å². The fourth-order valence-electron chi connectivity index (χ4n) is 0.983. The lowest BCUT2D eigenvalue weighted by Gasteiger charge is -2.12. The minimum atomic E-state index is -0.249. The van der Waals surface area contributed by atoms with E-state index in [9.17, 15) is 9.59 Å². The largest absolute Gasteiger partial charge is 0.324 e. The van der Waals surface area contributed by atoms with Crippen molar-refractivity contribution in [1.29, 1.82) is 0 Å². The lowest BCUT2D eigenvalue weighted by Crippen LogP contribution is -2.28. The van der Waals surface area contributed by atoms with Crippen LogP contribution in [0.15, 0.2) is 30.3 Å². The summed E-state index contributed by atoms with van der Waals surface area (Å²) in [4.78, 5) is 22.7. The second-order valence-electron chi connectivity index (χ2n) is 2.51. The molecule has 0 spiro atoms. The van der Waals surface area contributed by atoms with Crippen LogP contribution in [0.2, 0.25) is 0 Å². The molecule has 2 amide bonds. The zero-order valence-electron chi connectivity index (χ0n) is 7.36. The van der Waals surface area contributed by atoms with E-state index in [0.29, 0.717) is 12.1 Å². The van der Waals surface area contributed by atoms with Gasteiger partial charge in [-0.05, 0) is 12.1 Å². The van der Waals surface area contributed by atoms with Crippen LogP contribution in [0.1, 0.15) is 13.3 Å². The highest BCUT2D eigenvalue weighted by molar-refractivity contribution is 6.06. The third-order valence-electron chi connectivity index (χ3n) is 1.66. The van der Waals surface area contributed by atoms with Gasteiger partial charge in [0.05, 0.1) is 5.69 Å². The molecule has 0 saturated carbocycles. The number of nitrogens with zero attached hydrogens (tertiary/aromatic N) is 1. The topological polar surface area (TPSA) is 37.4 Å². The summed E-state index contributed by atoms with van der Waals surface area (Å²) in [6.07, 6.45) is 1.90. The van der Waals surface area contributed by atoms with Crippen molar-refractivity contribution in [2.24, 2.45) is 0 Å². The minimum absolute atomic E-state index is 0.249. The molecule has 0 aromatic heterocycles. The molecule has 0 N–H and O–H groups in total. The average molecular weight is 176 g/mol. The van der Waals surface area contributed by atoms with Gasteiger partial charge in [0.1, 0.15) is 0 Å². The van der Waals surface area contributed by atoms with Gasteiger partial charge in [-0.1, -0.05) is 25.1 Å². The lowest BCUT2D eigenvalue weighted by molar-refractivity contribution is -0.117. The maximum Gasteiger partial charge on any atom is 0.324 e. The van der Waals surface area contributed by atoms with Gasteiger partial charge >= 0.3 is 6.41 Å². The number of imide groups is 1. The number of amides is 2. The van der Waals surface area contributed by atoms with Crippen molar-refractivity contribution in [3.05, 3.63) is 30.3 Å². The van der Waals surface area contributed by atoms with Crippen molar-refractivity contribution < 1.29 is 9.59 Å². The van der Waals surface area contributed by atoms with Crippen molar-refractivity contribution in [3.8, 4) is 0 Å². The molecule has 0 atom stereocenters. The molecule has 1 aromatic carbocycles. The van der Waals surface area contributed by atoms with Crippen LogP contribution in [0, 0.1) is 0 Å². The average Bonchev–Trinajstić information content (AvgIpc) is 2.20. The number of rotatable bonds is 3. The summed E-state index contributed by atoms with van der Waals surface area (Å²) in [5, 5.41) is 0. The molecule has 1 aromatic rings. The molecular formula is C10H10NO2. The number of anilines is 1. The Labute approximate surface area is 77.0 Å². The van der Waals surface area contributed by atoms with Crippen molar-refractivity contribution in [2.45, 2.75) is 13.3 Å². The molecule has 0 aliphatic carbocycles. The number of hydrogen-bond donors (Lipinski definition) is 0. The van der Waals surface area contributed by atoms with Gasteiger partial charge in [-0.3, -0.25) is 9.59 Å². The Bertz CT molecular complexity index is 295. The van der Waals surface area contributed by atoms with Gasteiger partial charge in [0.2, 0.25) is 5.91 Å². The van der Waals surface area contributed by atoms with E-state index in [1.807, 2.05) is 6.07 Å². The van der Waals surface area contributed by atoms with E-state index < -0.39 is 0 Å². The van der Waals surface area contributed by atoms with Crippen LogP contribution in [0.3, 0.4) is 0 Å². The van der Waals surface area contributed by atoms with Crippen LogP contribution in [0.5, 0.6) is 0 Å². The summed E-state index contributed by atoms with van der Waals surface area (Å²) in [6.45, 7) is 1.70. The molecule has 0 heterocycles. The second kappa shape index (κ2) is 4.40. The predicted octanol–water partition coefficient (Wildman–Crippen LogP) is 1.50. The predicted molar refractivity (Wildman–Crippen MR) is 49.9 cm³/mol. The Morgan fingerprint density at radius 2 is 2.00 bits per heavy atom. The first kappa shape index (κ1) is 9.45. The molecule has 67 valence electrons. The van der Waals surface area contributed by atoms with Gasteiger partial charge < -0.3 is 0 Å². The molecule has 1 radical (unpaired) electrons. The number of carbonyl (C=O) groups is 1. The van der Waals surface area contributed by atoms with Gasteiger partial charge in [0, 0.05) is 6.42 Å². The number of para-hydroxylation sites is 1. The Balaban J connectivity index is 2.91. The summed E-state index contributed by atoms with van der Waals surface area (Å²) in [5.41, 5.74) is 0.560. The van der Waals surface area contributed by atoms with Crippen LogP contribution in [0.4, 0.5) is 5.69 Å². The van der Waals surface area contributed by atoms with E-state index in [1.54, 1.807) is 37.6 Å². The summed E-state index contributed by atoms with van der Waals surface area (Å²) in [6, 6.07) is 8.74. The molecule has 0 aliphatic rings. The molecule has 0 unspecified atom stereocenters. The van der Waals surface area contributed by atoms with E-state index in [-0.39, 0.29) is 5.91 Å². The zero-order chi connectivity index (χ0) is 9.68. The molecular weight excluding hydrogens is 166 g/mol. The van der Waals surface area contributed by atoms with Crippen molar-refractivity contribution in [1.82, 2.24) is 0 Å². The molecule has 3 heteroatoms. The van der Waals surface area contributed by atoms with Crippen LogP contribution in [-0.2, 0) is 9.59 Å². The number of hydrogen-bond acceptors (Lipinski definition) is 2. The van der Waals surface area contributed by atoms with E-state index in [0.717, 1.165) is 4.90 Å². The van der Waals surface area contributed by atoms with Gasteiger partial charge in [0.15, 0.2) is 0 Å². The smallest absolute Gasteiger partial charge is 0.274 e. The second-order valence-corrected chi connectivity index (χ2v) is 2.51. The zero-order valence-corrected chi connectivity index (χ0v) is 7.36. The summed E-state index contributed by atoms with van der Waals surface area (Å²) in [5.74, 6) is -0.249. The molecule has 0 saturated heterocycles. The quantitative estimate of drug-likeness (QED) is 0.654. The summed E-state index contributed by atoms with van der Waals surface area (Å²) >= 11 is 0. The highest BCUT2D eigenvalue weighted by Gasteiger charge is 2.12. The summed E-state index contributed by atoms with van der Waals surface area (Å²) in [7, 11) is 0. The monoisotopic (exact) mass is 176 g/mol. The van der Waals surface area contributed by atoms with E-state index in [1.165, 1.54) is 0 Å². The maximum absolute atomic E-state index is 11.2. The first-order valence-electron chi connectivity index (χ1n) is 4.05. The Morgan fingerprint density at radius 1 is 1.38 bits per heavy atom. The van der Waals surface area contributed by atoms with Crippen LogP contribution >= 0.6 is 0 Å². The molecule has 13 heavy (non-hydrogen) atoms. The Morgan fingerprint density at radius 3 is 2.46 bits per heavy atom. The SMILES string of the molecule is CCC(=O)N([C]=O)c1ccccc1. The van der Waals surface area contributed by atoms with Crippen LogP contribution in [0.25, 0.3) is 0 Å². The number of carbonyl (C=O) groups excluding carboxylic acids is 2. The van der Waals surface area contributed by atoms with Gasteiger partial charge in [0.25, 0.3) is 0 Å². The van der Waals surface area contributed by atoms with E-state index in [2.05, 4.69) is 0 Å². The van der Waals surface area contributed by atoms with E-state index >= 15 is 0 Å².